The second kappa shape index (κ2) is 5.91. The summed E-state index contributed by atoms with van der Waals surface area (Å²) in [5.74, 6) is 0.522. The first-order valence-corrected chi connectivity index (χ1v) is 7.64. The summed E-state index contributed by atoms with van der Waals surface area (Å²) in [4.78, 5) is 23.6. The van der Waals surface area contributed by atoms with E-state index in [1.165, 1.54) is 11.2 Å². The summed E-state index contributed by atoms with van der Waals surface area (Å²) >= 11 is 0. The predicted molar refractivity (Wildman–Crippen MR) is 82.5 cm³/mol. The molecular formula is C14H21N5O4. The van der Waals surface area contributed by atoms with Crippen molar-refractivity contribution in [3.63, 3.8) is 0 Å². The highest BCUT2D eigenvalue weighted by Crippen LogP contribution is 2.41. The zero-order chi connectivity index (χ0) is 16.7. The van der Waals surface area contributed by atoms with E-state index in [1.807, 2.05) is 6.92 Å². The van der Waals surface area contributed by atoms with Gasteiger partial charge < -0.3 is 25.6 Å². The van der Waals surface area contributed by atoms with Gasteiger partial charge in [-0.15, -0.1) is 0 Å². The monoisotopic (exact) mass is 323 g/mol. The smallest absolute Gasteiger partial charge is 0.228 e. The Balaban J connectivity index is 1.96. The second-order valence-electron chi connectivity index (χ2n) is 5.83. The van der Waals surface area contributed by atoms with Gasteiger partial charge in [-0.3, -0.25) is 9.69 Å². The van der Waals surface area contributed by atoms with Crippen LogP contribution < -0.4 is 15.5 Å². The Morgan fingerprint density at radius 2 is 2.17 bits per heavy atom. The van der Waals surface area contributed by atoms with Crippen molar-refractivity contribution in [1.29, 1.82) is 0 Å². The number of ether oxygens (including phenoxy) is 1. The van der Waals surface area contributed by atoms with Crippen molar-refractivity contribution >= 4 is 23.2 Å². The number of rotatable bonds is 3. The normalized spacial score (nSPS) is 29.9. The summed E-state index contributed by atoms with van der Waals surface area (Å²) in [6.45, 7) is 3.75. The van der Waals surface area contributed by atoms with Gasteiger partial charge in [0, 0.05) is 6.42 Å². The quantitative estimate of drug-likeness (QED) is 0.676. The molecule has 0 bridgehead atoms. The van der Waals surface area contributed by atoms with Gasteiger partial charge in [-0.25, -0.2) is 9.97 Å². The van der Waals surface area contributed by atoms with Crippen molar-refractivity contribution < 1.29 is 19.7 Å². The van der Waals surface area contributed by atoms with Crippen molar-refractivity contribution in [2.45, 2.75) is 51.2 Å². The van der Waals surface area contributed by atoms with Crippen molar-refractivity contribution in [1.82, 2.24) is 9.97 Å². The number of carbonyl (C=O) groups excluding carboxylic acids is 1. The van der Waals surface area contributed by atoms with E-state index >= 15 is 0 Å². The van der Waals surface area contributed by atoms with E-state index in [4.69, 9.17) is 10.5 Å². The molecule has 9 nitrogen and oxygen atoms in total. The zero-order valence-corrected chi connectivity index (χ0v) is 13.1. The summed E-state index contributed by atoms with van der Waals surface area (Å²) in [5.41, 5.74) is 6.35. The van der Waals surface area contributed by atoms with Crippen LogP contribution in [0.2, 0.25) is 0 Å². The van der Waals surface area contributed by atoms with Crippen molar-refractivity contribution in [3.05, 3.63) is 6.33 Å². The van der Waals surface area contributed by atoms with Crippen LogP contribution in [0.25, 0.3) is 0 Å². The molecule has 2 unspecified atom stereocenters. The summed E-state index contributed by atoms with van der Waals surface area (Å²) in [6.07, 6.45) is -1.04. The molecule has 126 valence electrons. The fourth-order valence-corrected chi connectivity index (χ4v) is 2.98. The van der Waals surface area contributed by atoms with Gasteiger partial charge in [0.25, 0.3) is 0 Å². The molecule has 3 rings (SSSR count). The Bertz CT molecular complexity index is 613. The van der Waals surface area contributed by atoms with Crippen LogP contribution in [-0.4, -0.2) is 57.3 Å². The average Bonchev–Trinajstić information content (AvgIpc) is 3.02. The first-order valence-electron chi connectivity index (χ1n) is 7.64. The van der Waals surface area contributed by atoms with Gasteiger partial charge in [-0.2, -0.15) is 0 Å². The predicted octanol–water partition coefficient (Wildman–Crippen LogP) is -0.564. The third kappa shape index (κ3) is 2.50. The number of anilines is 3. The van der Waals surface area contributed by atoms with Gasteiger partial charge in [0.05, 0.1) is 6.10 Å². The van der Waals surface area contributed by atoms with E-state index in [2.05, 4.69) is 9.97 Å². The van der Waals surface area contributed by atoms with Gasteiger partial charge >= 0.3 is 0 Å². The lowest BCUT2D eigenvalue weighted by atomic mass is 10.1. The average molecular weight is 323 g/mol. The number of nitrogens with zero attached hydrogens (tertiary/aromatic N) is 4. The standard InChI is InChI=1S/C14H21N5O4/c1-3-4-8(20)18-6-19(13-9(18)12(15)16-5-17-13)14-11(22)10(21)7(2)23-14/h5,7,10-11,14,21-22H,3-4,6H2,1-2H3,(H2,15,16,17)/t7-,10?,11?,14-/m1/s1. The third-order valence-electron chi connectivity index (χ3n) is 4.22. The first-order chi connectivity index (χ1) is 11.0. The van der Waals surface area contributed by atoms with E-state index in [0.717, 1.165) is 0 Å². The van der Waals surface area contributed by atoms with E-state index in [0.29, 0.717) is 24.3 Å². The molecule has 9 heteroatoms. The van der Waals surface area contributed by atoms with Crippen LogP contribution in [0.4, 0.5) is 17.3 Å². The number of aliphatic hydroxyl groups is 2. The van der Waals surface area contributed by atoms with Crippen LogP contribution in [0.1, 0.15) is 26.7 Å². The minimum Gasteiger partial charge on any atom is -0.388 e. The van der Waals surface area contributed by atoms with Crippen LogP contribution in [0.3, 0.4) is 0 Å². The van der Waals surface area contributed by atoms with Crippen molar-refractivity contribution in [2.75, 3.05) is 22.2 Å². The highest BCUT2D eigenvalue weighted by molar-refractivity contribution is 6.01. The van der Waals surface area contributed by atoms with Crippen LogP contribution >= 0.6 is 0 Å². The topological polar surface area (TPSA) is 125 Å². The van der Waals surface area contributed by atoms with E-state index in [9.17, 15) is 15.0 Å². The zero-order valence-electron chi connectivity index (χ0n) is 13.1. The Morgan fingerprint density at radius 3 is 2.78 bits per heavy atom. The molecule has 0 aromatic carbocycles. The molecule has 1 fully saturated rings. The molecule has 0 saturated carbocycles. The maximum atomic E-state index is 12.4. The molecule has 1 aromatic heterocycles. The van der Waals surface area contributed by atoms with Crippen molar-refractivity contribution in [3.8, 4) is 0 Å². The van der Waals surface area contributed by atoms with E-state index in [-0.39, 0.29) is 18.4 Å². The summed E-state index contributed by atoms with van der Waals surface area (Å²) in [5, 5.41) is 20.1. The lowest BCUT2D eigenvalue weighted by Gasteiger charge is -2.27. The van der Waals surface area contributed by atoms with Gasteiger partial charge in [0.1, 0.15) is 30.9 Å². The maximum Gasteiger partial charge on any atom is 0.228 e. The molecule has 0 spiro atoms. The molecule has 2 aliphatic heterocycles. The molecule has 4 N–H and O–H groups in total. The lowest BCUT2D eigenvalue weighted by molar-refractivity contribution is -0.118. The Hall–Kier alpha value is -1.97. The molecule has 4 atom stereocenters. The van der Waals surface area contributed by atoms with E-state index < -0.39 is 24.5 Å². The highest BCUT2D eigenvalue weighted by Gasteiger charge is 2.47. The number of hydrogen-bond acceptors (Lipinski definition) is 8. The molecule has 23 heavy (non-hydrogen) atoms. The number of aliphatic hydroxyl groups excluding tert-OH is 2. The van der Waals surface area contributed by atoms with Crippen LogP contribution in [0.5, 0.6) is 0 Å². The molecule has 0 radical (unpaired) electrons. The van der Waals surface area contributed by atoms with Crippen molar-refractivity contribution in [2.24, 2.45) is 0 Å². The van der Waals surface area contributed by atoms with Gasteiger partial charge in [-0.05, 0) is 13.3 Å². The van der Waals surface area contributed by atoms with Crippen LogP contribution in [0.15, 0.2) is 6.33 Å². The van der Waals surface area contributed by atoms with E-state index in [1.54, 1.807) is 11.8 Å². The van der Waals surface area contributed by atoms with Crippen LogP contribution in [0, 0.1) is 0 Å². The Kier molecular flexibility index (Phi) is 4.09. The number of fused-ring (bicyclic) bond motifs is 1. The van der Waals surface area contributed by atoms with Gasteiger partial charge in [-0.1, -0.05) is 6.92 Å². The second-order valence-corrected chi connectivity index (χ2v) is 5.83. The largest absolute Gasteiger partial charge is 0.388 e. The molecule has 1 saturated heterocycles. The fraction of sp³-hybridized carbons (Fsp3) is 0.643. The minimum atomic E-state index is -1.10. The van der Waals surface area contributed by atoms with Gasteiger partial charge in [0.2, 0.25) is 5.91 Å². The lowest BCUT2D eigenvalue weighted by Crippen LogP contribution is -2.47. The summed E-state index contributed by atoms with van der Waals surface area (Å²) in [7, 11) is 0. The number of nitrogens with two attached hydrogens (primary N) is 1. The third-order valence-corrected chi connectivity index (χ3v) is 4.22. The number of hydrogen-bond donors (Lipinski definition) is 3. The highest BCUT2D eigenvalue weighted by atomic mass is 16.6. The molecule has 1 aromatic rings. The summed E-state index contributed by atoms with van der Waals surface area (Å²) in [6, 6.07) is 0. The Labute approximate surface area is 133 Å². The molecule has 3 heterocycles. The SMILES string of the molecule is CCCC(=O)N1CN([C@@H]2O[C@H](C)C(O)C2O)c2ncnc(N)c21. The number of aromatic nitrogens is 2. The van der Waals surface area contributed by atoms with Crippen LogP contribution in [-0.2, 0) is 9.53 Å². The molecular weight excluding hydrogens is 302 g/mol. The number of amides is 1. The Morgan fingerprint density at radius 1 is 1.43 bits per heavy atom. The first kappa shape index (κ1) is 15.9. The minimum absolute atomic E-state index is 0.0983. The maximum absolute atomic E-state index is 12.4. The number of carbonyl (C=O) groups is 1. The molecule has 2 aliphatic rings. The molecule has 0 aliphatic carbocycles. The molecule has 1 amide bonds. The summed E-state index contributed by atoms with van der Waals surface area (Å²) < 4.78 is 5.64. The fourth-order valence-electron chi connectivity index (χ4n) is 2.98. The number of nitrogen functional groups attached to an aromatic ring is 1. The van der Waals surface area contributed by atoms with Gasteiger partial charge in [0.15, 0.2) is 17.9 Å².